The Balaban J connectivity index is 0. The number of hydrogen-bond acceptors (Lipinski definition) is 0. The Morgan fingerprint density at radius 2 is 0.750 bits per heavy atom. The molecule has 4 heavy (non-hydrogen) atoms. The van der Waals surface area contributed by atoms with Gasteiger partial charge in [-0.1, -0.05) is 0 Å². The summed E-state index contributed by atoms with van der Waals surface area (Å²) >= 11 is 0. The summed E-state index contributed by atoms with van der Waals surface area (Å²) < 4.78 is 0. The Morgan fingerprint density at radius 3 is 0.750 bits per heavy atom. The molecule has 0 amide bonds. The Bertz CT molecular complexity index is 6.00. The van der Waals surface area contributed by atoms with Gasteiger partial charge in [0.1, 0.15) is 0 Å². The molecule has 0 saturated heterocycles. The van der Waals surface area contributed by atoms with E-state index in [1.807, 2.05) is 0 Å². The van der Waals surface area contributed by atoms with E-state index < -0.39 is 0 Å². The van der Waals surface area contributed by atoms with Gasteiger partial charge >= 0.3 is 0 Å². The van der Waals surface area contributed by atoms with Crippen LogP contribution < -0.4 is 0 Å². The molecule has 0 aliphatic heterocycles. The van der Waals surface area contributed by atoms with Crippen LogP contribution in [0, 0.1) is 0 Å². The zero-order chi connectivity index (χ0) is 0. The third-order valence-electron chi connectivity index (χ3n) is 0. The summed E-state index contributed by atoms with van der Waals surface area (Å²) in [7, 11) is 0. The van der Waals surface area contributed by atoms with Crippen LogP contribution in [0.25, 0.3) is 0 Å². The molecule has 0 unspecified atom stereocenters. The van der Waals surface area contributed by atoms with E-state index in [0.717, 1.165) is 0 Å². The number of rotatable bonds is 0. The van der Waals surface area contributed by atoms with Gasteiger partial charge < -0.3 is 0 Å². The topological polar surface area (TPSA) is 0 Å². The molecule has 24 valence electrons. The van der Waals surface area contributed by atoms with Crippen molar-refractivity contribution in [1.82, 2.24) is 0 Å². The molecule has 0 nitrogen and oxygen atoms in total. The van der Waals surface area contributed by atoms with E-state index in [1.165, 1.54) is 0 Å². The third-order valence-corrected chi connectivity index (χ3v) is 0. The summed E-state index contributed by atoms with van der Waals surface area (Å²) in [4.78, 5) is 0. The van der Waals surface area contributed by atoms with Crippen molar-refractivity contribution < 1.29 is 0 Å². The second-order valence-electron chi connectivity index (χ2n) is 0. The van der Waals surface area contributed by atoms with Crippen LogP contribution in [0.2, 0.25) is 0 Å². The molecule has 0 rings (SSSR count). The van der Waals surface area contributed by atoms with Crippen LogP contribution in [0.4, 0.5) is 0 Å². The molecule has 0 N–H and O–H groups in total. The molecular weight excluding hydrogens is 318 g/mol. The van der Waals surface area contributed by atoms with E-state index in [2.05, 4.69) is 0 Å². The Morgan fingerprint density at radius 1 is 0.750 bits per heavy atom. The van der Waals surface area contributed by atoms with Crippen molar-refractivity contribution >= 4 is 71.3 Å². The van der Waals surface area contributed by atoms with Crippen molar-refractivity contribution in [3.05, 3.63) is 0 Å². The average molecular weight is 318 g/mol. The SMILES string of the molecule is [S].[Se].[Se].[Te]. The monoisotopic (exact) mass is 322 g/mol. The first kappa shape index (κ1) is 34.9. The van der Waals surface area contributed by atoms with Gasteiger partial charge in [-0.2, -0.15) is 0 Å². The second kappa shape index (κ2) is 19.1. The van der Waals surface area contributed by atoms with Crippen LogP contribution in [0.3, 0.4) is 0 Å². The maximum Gasteiger partial charge on any atom is 0 e. The summed E-state index contributed by atoms with van der Waals surface area (Å²) in [6.07, 6.45) is 0. The average Bonchev–Trinajstić information content (AvgIpc) is 0. The first-order valence-electron chi connectivity index (χ1n) is 0. The molecular formula is SSe2Te. The molecule has 0 fully saturated rings. The fraction of sp³-hybridized carbons (Fsp3) is 0. The van der Waals surface area contributed by atoms with E-state index in [1.54, 1.807) is 0 Å². The van der Waals surface area contributed by atoms with Crippen LogP contribution in [0.1, 0.15) is 0 Å². The molecule has 4 heteroatoms. The quantitative estimate of drug-likeness (QED) is 0.529. The Hall–Kier alpha value is 2.18. The van der Waals surface area contributed by atoms with Gasteiger partial charge in [-0.25, -0.2) is 0 Å². The maximum absolute atomic E-state index is 0. The first-order chi connectivity index (χ1) is 0. The number of hydrogen-bond donors (Lipinski definition) is 0. The van der Waals surface area contributed by atoms with E-state index in [4.69, 9.17) is 0 Å². The minimum Gasteiger partial charge on any atom is 0 e. The molecule has 0 aliphatic rings. The smallest absolute Gasteiger partial charge is 0 e. The molecule has 0 aromatic rings. The van der Waals surface area contributed by atoms with Gasteiger partial charge in [-0.3, -0.25) is 0 Å². The van der Waals surface area contributed by atoms with Crippen LogP contribution >= 0.6 is 13.5 Å². The van der Waals surface area contributed by atoms with Gasteiger partial charge in [0.25, 0.3) is 0 Å². The molecule has 0 heterocycles. The minimum absolute atomic E-state index is 0. The molecule has 0 spiro atoms. The van der Waals surface area contributed by atoms with E-state index in [0.29, 0.717) is 0 Å². The first-order valence-corrected chi connectivity index (χ1v) is 0. The van der Waals surface area contributed by atoms with Gasteiger partial charge in [0, 0.05) is 71.3 Å². The molecule has 0 aromatic heterocycles. The second-order valence-corrected chi connectivity index (χ2v) is 0. The third kappa shape index (κ3) is 8.90. The zero-order valence-corrected chi connectivity index (χ0v) is 8.21. The van der Waals surface area contributed by atoms with Crippen molar-refractivity contribution in [1.29, 1.82) is 0 Å². The summed E-state index contributed by atoms with van der Waals surface area (Å²) in [5.74, 6) is 0. The zero-order valence-electron chi connectivity index (χ0n) is 1.63. The molecule has 0 aromatic carbocycles. The van der Waals surface area contributed by atoms with Crippen LogP contribution in [-0.4, -0.2) is 57.8 Å². The fourth-order valence-electron chi connectivity index (χ4n) is 0. The molecule has 0 aliphatic carbocycles. The minimum atomic E-state index is 0. The molecule has 0 bridgehead atoms. The standard InChI is InChI=1S/S.2Se.Te. The van der Waals surface area contributed by atoms with Crippen LogP contribution in [0.15, 0.2) is 0 Å². The van der Waals surface area contributed by atoms with Crippen molar-refractivity contribution in [3.63, 3.8) is 0 Å². The predicted molar refractivity (Wildman–Crippen MR) is 24.9 cm³/mol. The van der Waals surface area contributed by atoms with Gasteiger partial charge in [-0.05, 0) is 0 Å². The van der Waals surface area contributed by atoms with Crippen molar-refractivity contribution in [2.75, 3.05) is 0 Å². The predicted octanol–water partition coefficient (Wildman–Crippen LogP) is -0.494. The van der Waals surface area contributed by atoms with Crippen molar-refractivity contribution in [2.45, 2.75) is 0 Å². The summed E-state index contributed by atoms with van der Waals surface area (Å²) in [6, 6.07) is 0. The van der Waals surface area contributed by atoms with E-state index in [-0.39, 0.29) is 71.3 Å². The van der Waals surface area contributed by atoms with Crippen molar-refractivity contribution in [3.8, 4) is 0 Å². The van der Waals surface area contributed by atoms with Crippen molar-refractivity contribution in [2.24, 2.45) is 0 Å². The van der Waals surface area contributed by atoms with E-state index >= 15 is 0 Å². The van der Waals surface area contributed by atoms with Gasteiger partial charge in [-0.15, -0.1) is 0 Å². The van der Waals surface area contributed by atoms with E-state index in [9.17, 15) is 0 Å². The Labute approximate surface area is 70.6 Å². The van der Waals surface area contributed by atoms with Gasteiger partial charge in [0.15, 0.2) is 0 Å². The van der Waals surface area contributed by atoms with Crippen LogP contribution in [-0.2, 0) is 0 Å². The van der Waals surface area contributed by atoms with Crippen LogP contribution in [0.5, 0.6) is 0 Å². The molecule has 8 radical (unpaired) electrons. The molecule has 0 atom stereocenters. The van der Waals surface area contributed by atoms with Gasteiger partial charge in [0.2, 0.25) is 0 Å². The summed E-state index contributed by atoms with van der Waals surface area (Å²) in [5, 5.41) is 0. The van der Waals surface area contributed by atoms with Gasteiger partial charge in [0.05, 0.1) is 0 Å². The maximum atomic E-state index is 0. The normalized spacial score (nSPS) is 0. The largest absolute Gasteiger partial charge is 0 e. The summed E-state index contributed by atoms with van der Waals surface area (Å²) in [6.45, 7) is 0. The fourth-order valence-corrected chi connectivity index (χ4v) is 0. The summed E-state index contributed by atoms with van der Waals surface area (Å²) in [5.41, 5.74) is 0. The Kier molecular flexibility index (Phi) is 166. The molecule has 0 saturated carbocycles.